The van der Waals surface area contributed by atoms with Crippen LogP contribution in [-0.2, 0) is 5.41 Å². The molecular formula is C24H23Cl2NO3. The average molecular weight is 444 g/mol. The molecule has 0 aliphatic carbocycles. The maximum atomic E-state index is 10.8. The minimum absolute atomic E-state index is 0.0312. The Balaban J connectivity index is 1.90. The van der Waals surface area contributed by atoms with E-state index in [-0.39, 0.29) is 11.8 Å². The van der Waals surface area contributed by atoms with Crippen LogP contribution in [0, 0.1) is 0 Å². The first-order chi connectivity index (χ1) is 14.4. The quantitative estimate of drug-likeness (QED) is 0.477. The van der Waals surface area contributed by atoms with E-state index in [2.05, 4.69) is 12.2 Å². The first kappa shape index (κ1) is 20.7. The number of phenols is 1. The van der Waals surface area contributed by atoms with Crippen LogP contribution in [0.15, 0.2) is 54.6 Å². The Kier molecular flexibility index (Phi) is 5.48. The lowest BCUT2D eigenvalue weighted by atomic mass is 9.68. The molecule has 0 saturated carbocycles. The summed E-state index contributed by atoms with van der Waals surface area (Å²) < 4.78 is 10.9. The van der Waals surface area contributed by atoms with Gasteiger partial charge in [0.2, 0.25) is 0 Å². The Morgan fingerprint density at radius 3 is 2.23 bits per heavy atom. The number of anilines is 1. The Hall–Kier alpha value is -2.56. The molecule has 0 spiro atoms. The molecule has 0 bridgehead atoms. The van der Waals surface area contributed by atoms with Gasteiger partial charge < -0.3 is 19.9 Å². The van der Waals surface area contributed by atoms with Crippen LogP contribution in [0.2, 0.25) is 10.0 Å². The molecule has 3 aromatic carbocycles. The standard InChI is InChI=1S/C24H23Cl2NO3/c1-24(18-12-16(30-3)6-9-23(18)28)13-22(14-4-7-19(25)20(26)10-14)27-21-8-5-15(29-2)11-17(21)24/h4-12,22,27-28H,13H2,1-3H3/t22-,24-/m0/s1. The van der Waals surface area contributed by atoms with Crippen LogP contribution in [0.4, 0.5) is 5.69 Å². The van der Waals surface area contributed by atoms with Crippen molar-refractivity contribution in [2.75, 3.05) is 19.5 Å². The highest BCUT2D eigenvalue weighted by molar-refractivity contribution is 6.42. The third-order valence-electron chi connectivity index (χ3n) is 5.91. The van der Waals surface area contributed by atoms with Crippen molar-refractivity contribution in [1.29, 1.82) is 0 Å². The van der Waals surface area contributed by atoms with Gasteiger partial charge in [-0.3, -0.25) is 0 Å². The van der Waals surface area contributed by atoms with Crippen molar-refractivity contribution in [2.24, 2.45) is 0 Å². The van der Waals surface area contributed by atoms with Crippen molar-refractivity contribution in [3.05, 3.63) is 81.3 Å². The molecule has 2 N–H and O–H groups in total. The van der Waals surface area contributed by atoms with E-state index < -0.39 is 5.41 Å². The van der Waals surface area contributed by atoms with Gasteiger partial charge in [0.15, 0.2) is 0 Å². The Morgan fingerprint density at radius 2 is 1.57 bits per heavy atom. The number of nitrogens with one attached hydrogen (secondary N) is 1. The van der Waals surface area contributed by atoms with Gasteiger partial charge in [-0.15, -0.1) is 0 Å². The van der Waals surface area contributed by atoms with Crippen molar-refractivity contribution in [1.82, 2.24) is 0 Å². The zero-order chi connectivity index (χ0) is 21.5. The van der Waals surface area contributed by atoms with Crippen molar-refractivity contribution in [3.63, 3.8) is 0 Å². The molecule has 0 radical (unpaired) electrons. The predicted octanol–water partition coefficient (Wildman–Crippen LogP) is 6.58. The predicted molar refractivity (Wildman–Crippen MR) is 122 cm³/mol. The number of hydrogen-bond acceptors (Lipinski definition) is 4. The minimum atomic E-state index is -0.509. The van der Waals surface area contributed by atoms with E-state index in [1.54, 1.807) is 26.4 Å². The third-order valence-corrected chi connectivity index (χ3v) is 6.65. The summed E-state index contributed by atoms with van der Waals surface area (Å²) in [7, 11) is 3.27. The van der Waals surface area contributed by atoms with E-state index >= 15 is 0 Å². The number of hydrogen-bond donors (Lipinski definition) is 2. The van der Waals surface area contributed by atoms with E-state index in [4.69, 9.17) is 32.7 Å². The van der Waals surface area contributed by atoms with Gasteiger partial charge in [0.25, 0.3) is 0 Å². The lowest BCUT2D eigenvalue weighted by Gasteiger charge is -2.42. The first-order valence-electron chi connectivity index (χ1n) is 9.63. The SMILES string of the molecule is COc1ccc(O)c([C@@]2(C)C[C@@H](c3ccc(Cl)c(Cl)c3)Nc3ccc(OC)cc32)c1. The Morgan fingerprint density at radius 1 is 0.900 bits per heavy atom. The van der Waals surface area contributed by atoms with E-state index in [1.165, 1.54) is 0 Å². The number of halogens is 2. The van der Waals surface area contributed by atoms with Crippen LogP contribution >= 0.6 is 23.2 Å². The topological polar surface area (TPSA) is 50.7 Å². The lowest BCUT2D eigenvalue weighted by Crippen LogP contribution is -2.34. The molecular weight excluding hydrogens is 421 g/mol. The second kappa shape index (κ2) is 7.93. The molecule has 1 heterocycles. The maximum absolute atomic E-state index is 10.8. The van der Waals surface area contributed by atoms with E-state index in [1.807, 2.05) is 42.5 Å². The second-order valence-electron chi connectivity index (χ2n) is 7.70. The summed E-state index contributed by atoms with van der Waals surface area (Å²) in [5.41, 5.74) is 3.33. The number of methoxy groups -OCH3 is 2. The number of ether oxygens (including phenoxy) is 2. The number of fused-ring (bicyclic) bond motifs is 1. The number of aromatic hydroxyl groups is 1. The number of rotatable bonds is 4. The molecule has 6 heteroatoms. The van der Waals surface area contributed by atoms with Gasteiger partial charge in [0.05, 0.1) is 30.3 Å². The van der Waals surface area contributed by atoms with Crippen LogP contribution in [0.3, 0.4) is 0 Å². The summed E-state index contributed by atoms with van der Waals surface area (Å²) in [6.45, 7) is 2.13. The molecule has 30 heavy (non-hydrogen) atoms. The van der Waals surface area contributed by atoms with Crippen molar-refractivity contribution < 1.29 is 14.6 Å². The highest BCUT2D eigenvalue weighted by atomic mass is 35.5. The Labute approximate surface area is 186 Å². The summed E-state index contributed by atoms with van der Waals surface area (Å²) in [5, 5.41) is 15.4. The molecule has 4 nitrogen and oxygen atoms in total. The molecule has 1 aliphatic heterocycles. The number of phenolic OH excluding ortho intramolecular Hbond substituents is 1. The van der Waals surface area contributed by atoms with Gasteiger partial charge in [0, 0.05) is 16.7 Å². The normalized spacial score (nSPS) is 20.2. The largest absolute Gasteiger partial charge is 0.508 e. The molecule has 156 valence electrons. The molecule has 1 aliphatic rings. The van der Waals surface area contributed by atoms with E-state index in [9.17, 15) is 5.11 Å². The average Bonchev–Trinajstić information content (AvgIpc) is 2.75. The molecule has 2 atom stereocenters. The van der Waals surface area contributed by atoms with Gasteiger partial charge in [0.1, 0.15) is 17.2 Å². The van der Waals surface area contributed by atoms with Crippen LogP contribution in [0.25, 0.3) is 0 Å². The zero-order valence-electron chi connectivity index (χ0n) is 17.0. The summed E-state index contributed by atoms with van der Waals surface area (Å²) in [6.07, 6.45) is 0.686. The summed E-state index contributed by atoms with van der Waals surface area (Å²) in [6, 6.07) is 16.9. The lowest BCUT2D eigenvalue weighted by molar-refractivity contribution is 0.391. The highest BCUT2D eigenvalue weighted by Crippen LogP contribution is 2.51. The van der Waals surface area contributed by atoms with Crippen LogP contribution in [0.1, 0.15) is 36.1 Å². The minimum Gasteiger partial charge on any atom is -0.508 e. The van der Waals surface area contributed by atoms with Crippen molar-refractivity contribution >= 4 is 28.9 Å². The summed E-state index contributed by atoms with van der Waals surface area (Å²) >= 11 is 12.4. The molecule has 0 unspecified atom stereocenters. The van der Waals surface area contributed by atoms with Crippen LogP contribution in [0.5, 0.6) is 17.2 Å². The monoisotopic (exact) mass is 443 g/mol. The van der Waals surface area contributed by atoms with Crippen molar-refractivity contribution in [3.8, 4) is 17.2 Å². The fourth-order valence-corrected chi connectivity index (χ4v) is 4.57. The second-order valence-corrected chi connectivity index (χ2v) is 8.52. The molecule has 3 aromatic rings. The van der Waals surface area contributed by atoms with Gasteiger partial charge >= 0.3 is 0 Å². The van der Waals surface area contributed by atoms with Crippen molar-refractivity contribution in [2.45, 2.75) is 24.8 Å². The van der Waals surface area contributed by atoms with Gasteiger partial charge in [-0.25, -0.2) is 0 Å². The molecule has 0 saturated heterocycles. The smallest absolute Gasteiger partial charge is 0.119 e. The van der Waals surface area contributed by atoms with Crippen LogP contribution < -0.4 is 14.8 Å². The summed E-state index contributed by atoms with van der Waals surface area (Å²) in [5.74, 6) is 1.68. The van der Waals surface area contributed by atoms with E-state index in [0.29, 0.717) is 22.2 Å². The zero-order valence-corrected chi connectivity index (χ0v) is 18.5. The van der Waals surface area contributed by atoms with Gasteiger partial charge in [-0.05, 0) is 66.1 Å². The first-order valence-corrected chi connectivity index (χ1v) is 10.4. The third kappa shape index (κ3) is 3.55. The molecule has 0 amide bonds. The fourth-order valence-electron chi connectivity index (χ4n) is 4.26. The van der Waals surface area contributed by atoms with Gasteiger partial charge in [-0.2, -0.15) is 0 Å². The number of benzene rings is 3. The fraction of sp³-hybridized carbons (Fsp3) is 0.250. The highest BCUT2D eigenvalue weighted by Gasteiger charge is 2.40. The molecule has 4 rings (SSSR count). The van der Waals surface area contributed by atoms with Crippen LogP contribution in [-0.4, -0.2) is 19.3 Å². The molecule has 0 fully saturated rings. The van der Waals surface area contributed by atoms with Gasteiger partial charge in [-0.1, -0.05) is 36.2 Å². The van der Waals surface area contributed by atoms with E-state index in [0.717, 1.165) is 28.1 Å². The summed E-state index contributed by atoms with van der Waals surface area (Å²) in [4.78, 5) is 0. The molecule has 0 aromatic heterocycles. The Bertz CT molecular complexity index is 1100. The maximum Gasteiger partial charge on any atom is 0.119 e.